The summed E-state index contributed by atoms with van der Waals surface area (Å²) in [5.74, 6) is -0.223. The van der Waals surface area contributed by atoms with Gasteiger partial charge in [0.2, 0.25) is 5.91 Å². The number of allylic oxidation sites excluding steroid dienone is 25. The molecule has 0 aromatic carbocycles. The summed E-state index contributed by atoms with van der Waals surface area (Å²) in [5.41, 5.74) is 0. The molecule has 0 radical (unpaired) electrons. The maximum Gasteiger partial charge on any atom is 0.472 e. The lowest BCUT2D eigenvalue weighted by Gasteiger charge is -2.25. The Balaban J connectivity index is 4.29. The number of aliphatic hydroxyl groups excluding tert-OH is 1. The van der Waals surface area contributed by atoms with Crippen molar-refractivity contribution in [2.75, 3.05) is 40.9 Å². The van der Waals surface area contributed by atoms with Gasteiger partial charge in [-0.2, -0.15) is 0 Å². The van der Waals surface area contributed by atoms with E-state index in [2.05, 4.69) is 165 Å². The first kappa shape index (κ1) is 80.1. The maximum atomic E-state index is 13.0. The number of amides is 1. The number of phosphoric acid groups is 1. The van der Waals surface area contributed by atoms with E-state index in [4.69, 9.17) is 9.05 Å². The molecular weight excluding hydrogens is 1060 g/mol. The molecule has 0 bridgehead atoms. The number of rotatable bonds is 60. The fraction of sp³-hybridized carbons (Fsp3) is 0.640. The molecule has 0 saturated carbocycles. The molecule has 0 aliphatic heterocycles. The molecule has 0 spiro atoms. The van der Waals surface area contributed by atoms with Gasteiger partial charge < -0.3 is 19.8 Å². The van der Waals surface area contributed by atoms with Crippen molar-refractivity contribution < 1.29 is 32.9 Å². The van der Waals surface area contributed by atoms with Crippen LogP contribution >= 0.6 is 7.82 Å². The molecule has 0 heterocycles. The summed E-state index contributed by atoms with van der Waals surface area (Å²) >= 11 is 0. The molecule has 8 nitrogen and oxygen atoms in total. The molecule has 3 unspecified atom stereocenters. The highest BCUT2D eigenvalue weighted by molar-refractivity contribution is 7.47. The number of quaternary nitrogens is 1. The molecule has 3 atom stereocenters. The van der Waals surface area contributed by atoms with Gasteiger partial charge in [0.05, 0.1) is 39.9 Å². The fourth-order valence-corrected chi connectivity index (χ4v) is 9.74. The highest BCUT2D eigenvalue weighted by Crippen LogP contribution is 2.43. The summed E-state index contributed by atoms with van der Waals surface area (Å²) < 4.78 is 23.7. The van der Waals surface area contributed by atoms with E-state index in [0.717, 1.165) is 109 Å². The molecule has 0 rings (SSSR count). The van der Waals surface area contributed by atoms with Crippen LogP contribution in [0.25, 0.3) is 0 Å². The first-order valence-electron chi connectivity index (χ1n) is 33.9. The normalized spacial score (nSPS) is 14.7. The summed E-state index contributed by atoms with van der Waals surface area (Å²) in [7, 11) is 1.51. The van der Waals surface area contributed by atoms with E-state index in [0.29, 0.717) is 23.9 Å². The van der Waals surface area contributed by atoms with Crippen LogP contribution in [-0.4, -0.2) is 73.4 Å². The van der Waals surface area contributed by atoms with Gasteiger partial charge in [-0.15, -0.1) is 0 Å². The minimum atomic E-state index is -4.38. The van der Waals surface area contributed by atoms with Crippen LogP contribution < -0.4 is 5.32 Å². The Morgan fingerprint density at radius 2 is 0.726 bits per heavy atom. The van der Waals surface area contributed by atoms with Crippen LogP contribution in [0.2, 0.25) is 0 Å². The monoisotopic (exact) mass is 1180 g/mol. The van der Waals surface area contributed by atoms with Gasteiger partial charge in [0, 0.05) is 6.42 Å². The number of aliphatic hydroxyl groups is 1. The molecule has 0 aromatic rings. The van der Waals surface area contributed by atoms with Gasteiger partial charge in [-0.05, 0) is 116 Å². The highest BCUT2D eigenvalue weighted by atomic mass is 31.2. The summed E-state index contributed by atoms with van der Waals surface area (Å²) in [5, 5.41) is 13.9. The standard InChI is InChI=1S/C75H127N2O6P/c1-6-8-10-12-14-16-18-20-22-24-26-28-30-32-33-34-35-36-37-38-39-40-41-42-43-45-47-49-51-53-55-57-59-61-63-65-67-69-75(79)76-73(72-83-84(80,81)82-71-70-77(3,4)5)74(78)68-66-64-62-60-58-56-54-52-50-48-46-44-31-29-27-25-23-21-19-17-15-13-11-9-7-2/h8,10,14,16,20,22,26,28,32-33,35-36,38-39,41-42,45,47,51,53,57-60,66,68,73-74,78H,6-7,9,11-13,15,17-19,21,23-25,27,29-31,34,37,40,43-44,46,48-50,52,54-56,61-65,67,69-72H2,1-5H3,(H-,76,79,80,81)/p+1/b10-8-,16-14-,22-20-,28-26-,33-32-,36-35-,39-38-,42-41-,47-45-,53-51-,59-57-,60-58+,68-66+. The van der Waals surface area contributed by atoms with Crippen LogP contribution in [0.3, 0.4) is 0 Å². The molecule has 0 aliphatic carbocycles. The lowest BCUT2D eigenvalue weighted by Crippen LogP contribution is -2.45. The third kappa shape index (κ3) is 65.7. The number of nitrogens with zero attached hydrogens (tertiary/aromatic N) is 1. The van der Waals surface area contributed by atoms with E-state index in [1.807, 2.05) is 27.2 Å². The van der Waals surface area contributed by atoms with E-state index >= 15 is 0 Å². The first-order chi connectivity index (χ1) is 41.0. The zero-order valence-electron chi connectivity index (χ0n) is 54.6. The average Bonchev–Trinajstić information content (AvgIpc) is 3.56. The SMILES string of the molecule is CC/C=C\C/C=C\C/C=C\C/C=C\C/C=C\C/C=C\C/C=C\C/C=C\C/C=C\C/C=C\C/C=C\CCCCCC(=O)NC(COP(=O)(O)OCC[N+](C)(C)C)C(O)/C=C/CC/C=C/CCCCCCCCCCCCCCCCCCCCC. The summed E-state index contributed by atoms with van der Waals surface area (Å²) in [6.07, 6.45) is 99.5. The molecule has 0 fully saturated rings. The fourth-order valence-electron chi connectivity index (χ4n) is 9.00. The Morgan fingerprint density at radius 3 is 1.10 bits per heavy atom. The van der Waals surface area contributed by atoms with Crippen LogP contribution in [0.1, 0.15) is 258 Å². The second kappa shape index (κ2) is 63.6. The summed E-state index contributed by atoms with van der Waals surface area (Å²) in [6, 6.07) is -0.895. The van der Waals surface area contributed by atoms with Gasteiger partial charge in [-0.25, -0.2) is 4.57 Å². The van der Waals surface area contributed by atoms with Crippen molar-refractivity contribution in [1.82, 2.24) is 5.32 Å². The number of nitrogens with one attached hydrogen (secondary N) is 1. The minimum absolute atomic E-state index is 0.0408. The van der Waals surface area contributed by atoms with E-state index in [1.54, 1.807) is 6.08 Å². The number of hydrogen-bond donors (Lipinski definition) is 3. The van der Waals surface area contributed by atoms with Crippen molar-refractivity contribution >= 4 is 13.7 Å². The average molecular weight is 1180 g/mol. The Kier molecular flexibility index (Phi) is 60.7. The number of hydrogen-bond acceptors (Lipinski definition) is 5. The Morgan fingerprint density at radius 1 is 0.417 bits per heavy atom. The van der Waals surface area contributed by atoms with Crippen molar-refractivity contribution in [3.8, 4) is 0 Å². The molecule has 0 saturated heterocycles. The van der Waals surface area contributed by atoms with Crippen LogP contribution in [0.5, 0.6) is 0 Å². The van der Waals surface area contributed by atoms with E-state index in [9.17, 15) is 19.4 Å². The smallest absolute Gasteiger partial charge is 0.387 e. The number of likely N-dealkylation sites (N-methyl/N-ethyl adjacent to an activating group) is 1. The third-order valence-corrected chi connectivity index (χ3v) is 15.2. The van der Waals surface area contributed by atoms with E-state index < -0.39 is 20.0 Å². The molecule has 0 aromatic heterocycles. The molecule has 478 valence electrons. The third-order valence-electron chi connectivity index (χ3n) is 14.2. The Hall–Kier alpha value is -3.88. The second-order valence-electron chi connectivity index (χ2n) is 23.5. The van der Waals surface area contributed by atoms with Gasteiger partial charge >= 0.3 is 7.82 Å². The number of carbonyl (C=O) groups is 1. The van der Waals surface area contributed by atoms with Crippen molar-refractivity contribution in [2.24, 2.45) is 0 Å². The molecule has 9 heteroatoms. The lowest BCUT2D eigenvalue weighted by atomic mass is 10.0. The minimum Gasteiger partial charge on any atom is -0.387 e. The zero-order valence-corrected chi connectivity index (χ0v) is 55.5. The van der Waals surface area contributed by atoms with Crippen LogP contribution in [-0.2, 0) is 18.4 Å². The van der Waals surface area contributed by atoms with Crippen molar-refractivity contribution in [3.63, 3.8) is 0 Å². The van der Waals surface area contributed by atoms with Crippen LogP contribution in [0.15, 0.2) is 158 Å². The predicted octanol–water partition coefficient (Wildman–Crippen LogP) is 21.8. The van der Waals surface area contributed by atoms with Crippen molar-refractivity contribution in [2.45, 2.75) is 270 Å². The van der Waals surface area contributed by atoms with Gasteiger partial charge in [0.25, 0.3) is 0 Å². The second-order valence-corrected chi connectivity index (χ2v) is 24.9. The topological polar surface area (TPSA) is 105 Å². The van der Waals surface area contributed by atoms with Crippen molar-refractivity contribution in [3.05, 3.63) is 158 Å². The maximum absolute atomic E-state index is 13.0. The Labute approximate surface area is 518 Å². The van der Waals surface area contributed by atoms with E-state index in [1.165, 1.54) is 122 Å². The number of carbonyl (C=O) groups excluding carboxylic acids is 1. The molecule has 0 aliphatic rings. The quantitative estimate of drug-likeness (QED) is 0.0243. The summed E-state index contributed by atoms with van der Waals surface area (Å²) in [4.78, 5) is 23.4. The highest BCUT2D eigenvalue weighted by Gasteiger charge is 2.27. The Bertz CT molecular complexity index is 1930. The number of unbranched alkanes of at least 4 members (excludes halogenated alkanes) is 23. The van der Waals surface area contributed by atoms with E-state index in [-0.39, 0.29) is 19.1 Å². The first-order valence-corrected chi connectivity index (χ1v) is 35.4. The van der Waals surface area contributed by atoms with Crippen LogP contribution in [0, 0.1) is 0 Å². The molecule has 3 N–H and O–H groups in total. The summed E-state index contributed by atoms with van der Waals surface area (Å²) in [6.45, 7) is 4.66. The molecule has 1 amide bonds. The van der Waals surface area contributed by atoms with Gasteiger partial charge in [-0.1, -0.05) is 294 Å². The number of phosphoric ester groups is 1. The lowest BCUT2D eigenvalue weighted by molar-refractivity contribution is -0.870. The predicted molar refractivity (Wildman–Crippen MR) is 368 cm³/mol. The zero-order chi connectivity index (χ0) is 61.2. The van der Waals surface area contributed by atoms with Gasteiger partial charge in [-0.3, -0.25) is 13.8 Å². The largest absolute Gasteiger partial charge is 0.472 e. The molecule has 84 heavy (non-hydrogen) atoms. The van der Waals surface area contributed by atoms with Crippen molar-refractivity contribution in [1.29, 1.82) is 0 Å². The molecular formula is C75H128N2O6P+. The van der Waals surface area contributed by atoms with Gasteiger partial charge in [0.15, 0.2) is 0 Å². The van der Waals surface area contributed by atoms with Crippen LogP contribution in [0.4, 0.5) is 0 Å². The van der Waals surface area contributed by atoms with Gasteiger partial charge in [0.1, 0.15) is 13.2 Å².